The van der Waals surface area contributed by atoms with Crippen LogP contribution in [0.25, 0.3) is 11.5 Å². The standard InChI is InChI=1S/C24H28N4O3/c1-16-9-6-7-10-17(16)14-27-21(29)19-13-18(20-11-8-12-31-20)26-28(19)15-24(27,5)22(30)25-23(2,3)4/h6-13H,14-15H2,1-5H3,(H,25,30). The normalized spacial score (nSPS) is 18.7. The molecule has 1 aromatic carbocycles. The zero-order valence-corrected chi connectivity index (χ0v) is 18.6. The van der Waals surface area contributed by atoms with Crippen LogP contribution in [0.4, 0.5) is 0 Å². The second kappa shape index (κ2) is 7.41. The van der Waals surface area contributed by atoms with E-state index in [9.17, 15) is 9.59 Å². The number of furan rings is 1. The molecule has 0 radical (unpaired) electrons. The van der Waals surface area contributed by atoms with Crippen LogP contribution in [-0.2, 0) is 17.9 Å². The quantitative estimate of drug-likeness (QED) is 0.697. The average molecular weight is 421 g/mol. The van der Waals surface area contributed by atoms with Crippen molar-refractivity contribution in [3.63, 3.8) is 0 Å². The molecule has 2 aromatic heterocycles. The summed E-state index contributed by atoms with van der Waals surface area (Å²) in [6.07, 6.45) is 1.57. The molecule has 1 aliphatic heterocycles. The first kappa shape index (κ1) is 20.9. The summed E-state index contributed by atoms with van der Waals surface area (Å²) in [5.41, 5.74) is 1.56. The fourth-order valence-electron chi connectivity index (χ4n) is 3.87. The molecule has 1 unspecified atom stereocenters. The molecule has 1 aliphatic rings. The van der Waals surface area contributed by atoms with Crippen molar-refractivity contribution in [2.75, 3.05) is 0 Å². The van der Waals surface area contributed by atoms with Crippen molar-refractivity contribution in [1.29, 1.82) is 0 Å². The third-order valence-corrected chi connectivity index (χ3v) is 5.64. The van der Waals surface area contributed by atoms with Crippen molar-refractivity contribution in [2.45, 2.75) is 58.8 Å². The maximum absolute atomic E-state index is 13.7. The van der Waals surface area contributed by atoms with Gasteiger partial charge in [0.15, 0.2) is 5.76 Å². The molecule has 2 amide bonds. The van der Waals surface area contributed by atoms with Crippen LogP contribution in [0, 0.1) is 6.92 Å². The molecule has 162 valence electrons. The van der Waals surface area contributed by atoms with Gasteiger partial charge in [-0.2, -0.15) is 5.10 Å². The van der Waals surface area contributed by atoms with Crippen molar-refractivity contribution >= 4 is 11.8 Å². The van der Waals surface area contributed by atoms with Crippen LogP contribution in [0.3, 0.4) is 0 Å². The van der Waals surface area contributed by atoms with Gasteiger partial charge >= 0.3 is 0 Å². The molecule has 1 atom stereocenters. The summed E-state index contributed by atoms with van der Waals surface area (Å²) in [7, 11) is 0. The first-order valence-corrected chi connectivity index (χ1v) is 10.4. The Bertz CT molecular complexity index is 1120. The highest BCUT2D eigenvalue weighted by Crippen LogP contribution is 2.32. The number of amides is 2. The molecule has 4 rings (SSSR count). The summed E-state index contributed by atoms with van der Waals surface area (Å²) < 4.78 is 7.08. The molecule has 3 aromatic rings. The fraction of sp³-hybridized carbons (Fsp3) is 0.375. The molecule has 3 heterocycles. The van der Waals surface area contributed by atoms with Gasteiger partial charge in [-0.25, -0.2) is 0 Å². The number of carbonyl (C=O) groups is 2. The SMILES string of the molecule is Cc1ccccc1CN1C(=O)c2cc(-c3ccco3)nn2CC1(C)C(=O)NC(C)(C)C. The summed E-state index contributed by atoms with van der Waals surface area (Å²) in [5, 5.41) is 7.63. The van der Waals surface area contributed by atoms with Gasteiger partial charge in [-0.05, 0) is 57.9 Å². The second-order valence-electron chi connectivity index (χ2n) is 9.35. The van der Waals surface area contributed by atoms with Gasteiger partial charge < -0.3 is 14.6 Å². The minimum absolute atomic E-state index is 0.206. The summed E-state index contributed by atoms with van der Waals surface area (Å²) >= 11 is 0. The predicted octanol–water partition coefficient (Wildman–Crippen LogP) is 3.78. The van der Waals surface area contributed by atoms with E-state index in [0.29, 0.717) is 23.7 Å². The lowest BCUT2D eigenvalue weighted by Crippen LogP contribution is -2.65. The third kappa shape index (κ3) is 3.87. The molecular formula is C24H28N4O3. The first-order chi connectivity index (χ1) is 14.6. The molecule has 0 saturated heterocycles. The van der Waals surface area contributed by atoms with Gasteiger partial charge in [-0.1, -0.05) is 24.3 Å². The number of fused-ring (bicyclic) bond motifs is 1. The smallest absolute Gasteiger partial charge is 0.273 e. The van der Waals surface area contributed by atoms with Crippen LogP contribution in [0.15, 0.2) is 53.1 Å². The van der Waals surface area contributed by atoms with Crippen LogP contribution < -0.4 is 5.32 Å². The van der Waals surface area contributed by atoms with Crippen molar-refractivity contribution in [2.24, 2.45) is 0 Å². The number of aryl methyl sites for hydroxylation is 1. The molecule has 1 N–H and O–H groups in total. The van der Waals surface area contributed by atoms with E-state index < -0.39 is 11.1 Å². The molecule has 7 heteroatoms. The summed E-state index contributed by atoms with van der Waals surface area (Å²) in [6.45, 7) is 10.2. The van der Waals surface area contributed by atoms with E-state index in [4.69, 9.17) is 4.42 Å². The molecule has 0 saturated carbocycles. The van der Waals surface area contributed by atoms with Gasteiger partial charge in [0.2, 0.25) is 5.91 Å². The number of nitrogens with zero attached hydrogens (tertiary/aromatic N) is 3. The van der Waals surface area contributed by atoms with E-state index in [-0.39, 0.29) is 18.4 Å². The highest BCUT2D eigenvalue weighted by molar-refractivity contribution is 6.00. The lowest BCUT2D eigenvalue weighted by atomic mass is 9.92. The Labute approximate surface area is 182 Å². The molecule has 7 nitrogen and oxygen atoms in total. The Kier molecular flexibility index (Phi) is 5.00. The Balaban J connectivity index is 1.78. The first-order valence-electron chi connectivity index (χ1n) is 10.4. The minimum Gasteiger partial charge on any atom is -0.463 e. The number of aromatic nitrogens is 2. The topological polar surface area (TPSA) is 80.4 Å². The fourth-order valence-corrected chi connectivity index (χ4v) is 3.87. The van der Waals surface area contributed by atoms with Crippen molar-refractivity contribution < 1.29 is 14.0 Å². The van der Waals surface area contributed by atoms with Crippen LogP contribution in [0.5, 0.6) is 0 Å². The summed E-state index contributed by atoms with van der Waals surface area (Å²) in [6, 6.07) is 13.2. The number of rotatable bonds is 4. The van der Waals surface area contributed by atoms with E-state index in [0.717, 1.165) is 11.1 Å². The number of nitrogens with one attached hydrogen (secondary N) is 1. The number of carbonyl (C=O) groups excluding carboxylic acids is 2. The number of hydrogen-bond donors (Lipinski definition) is 1. The lowest BCUT2D eigenvalue weighted by molar-refractivity contribution is -0.135. The van der Waals surface area contributed by atoms with Crippen LogP contribution in [-0.4, -0.2) is 37.6 Å². The zero-order chi connectivity index (χ0) is 22.4. The maximum atomic E-state index is 13.7. The van der Waals surface area contributed by atoms with Crippen LogP contribution in [0.2, 0.25) is 0 Å². The minimum atomic E-state index is -1.11. The molecule has 0 aliphatic carbocycles. The van der Waals surface area contributed by atoms with Gasteiger partial charge in [0.05, 0.1) is 12.8 Å². The summed E-state index contributed by atoms with van der Waals surface area (Å²) in [5.74, 6) is 0.148. The van der Waals surface area contributed by atoms with E-state index in [1.54, 1.807) is 41.0 Å². The average Bonchev–Trinajstić information content (AvgIpc) is 3.34. The van der Waals surface area contributed by atoms with E-state index in [1.807, 2.05) is 52.0 Å². The Morgan fingerprint density at radius 3 is 2.61 bits per heavy atom. The maximum Gasteiger partial charge on any atom is 0.273 e. The van der Waals surface area contributed by atoms with Crippen molar-refractivity contribution in [3.05, 3.63) is 65.5 Å². The van der Waals surface area contributed by atoms with Gasteiger partial charge in [0, 0.05) is 18.2 Å². The molecular weight excluding hydrogens is 392 g/mol. The summed E-state index contributed by atoms with van der Waals surface area (Å²) in [4.78, 5) is 28.8. The van der Waals surface area contributed by atoms with Gasteiger partial charge in [-0.15, -0.1) is 0 Å². The van der Waals surface area contributed by atoms with Crippen LogP contribution >= 0.6 is 0 Å². The number of hydrogen-bond acceptors (Lipinski definition) is 4. The molecule has 0 bridgehead atoms. The molecule has 0 fully saturated rings. The number of benzene rings is 1. The lowest BCUT2D eigenvalue weighted by Gasteiger charge is -2.44. The van der Waals surface area contributed by atoms with E-state index in [2.05, 4.69) is 10.4 Å². The van der Waals surface area contributed by atoms with Crippen LogP contribution in [0.1, 0.15) is 49.3 Å². The Morgan fingerprint density at radius 2 is 1.97 bits per heavy atom. The largest absolute Gasteiger partial charge is 0.463 e. The highest BCUT2D eigenvalue weighted by atomic mass is 16.3. The van der Waals surface area contributed by atoms with Gasteiger partial charge in [0.25, 0.3) is 5.91 Å². The van der Waals surface area contributed by atoms with Gasteiger partial charge in [-0.3, -0.25) is 14.3 Å². The van der Waals surface area contributed by atoms with E-state index in [1.165, 1.54) is 0 Å². The monoisotopic (exact) mass is 420 g/mol. The van der Waals surface area contributed by atoms with Gasteiger partial charge in [0.1, 0.15) is 16.9 Å². The highest BCUT2D eigenvalue weighted by Gasteiger charge is 2.48. The second-order valence-corrected chi connectivity index (χ2v) is 9.35. The predicted molar refractivity (Wildman–Crippen MR) is 117 cm³/mol. The van der Waals surface area contributed by atoms with Crippen molar-refractivity contribution in [3.8, 4) is 11.5 Å². The molecule has 31 heavy (non-hydrogen) atoms. The molecule has 0 spiro atoms. The van der Waals surface area contributed by atoms with Crippen molar-refractivity contribution in [1.82, 2.24) is 20.0 Å². The third-order valence-electron chi connectivity index (χ3n) is 5.64. The van der Waals surface area contributed by atoms with E-state index >= 15 is 0 Å². The Morgan fingerprint density at radius 1 is 1.23 bits per heavy atom. The zero-order valence-electron chi connectivity index (χ0n) is 18.6. The Hall–Kier alpha value is -3.35.